The monoisotopic (exact) mass is 253 g/mol. The molecule has 0 aromatic carbocycles. The van der Waals surface area contributed by atoms with E-state index in [0.29, 0.717) is 11.2 Å². The number of ether oxygens (including phenoxy) is 2. The Labute approximate surface area is 101 Å². The molecular formula is C9H11N5O4. The van der Waals surface area contributed by atoms with Gasteiger partial charge in [-0.3, -0.25) is 0 Å². The first-order chi connectivity index (χ1) is 8.78. The fraction of sp³-hybridized carbons (Fsp3) is 0.444. The van der Waals surface area contributed by atoms with Crippen molar-refractivity contribution < 1.29 is 19.4 Å². The van der Waals surface area contributed by atoms with Gasteiger partial charge in [-0.05, 0) is 0 Å². The molecule has 0 bridgehead atoms. The van der Waals surface area contributed by atoms with Gasteiger partial charge in [-0.1, -0.05) is 0 Å². The molecule has 0 radical (unpaired) electrons. The van der Waals surface area contributed by atoms with Crippen LogP contribution in [0.15, 0.2) is 12.7 Å². The molecular weight excluding hydrogens is 242 g/mol. The van der Waals surface area contributed by atoms with E-state index in [1.54, 1.807) is 0 Å². The number of aromatic nitrogens is 4. The lowest BCUT2D eigenvalue weighted by molar-refractivity contribution is -0.155. The molecule has 0 aliphatic carbocycles. The summed E-state index contributed by atoms with van der Waals surface area (Å²) in [4.78, 5) is 17.4. The number of imidazole rings is 1. The molecule has 96 valence electrons. The third-order valence-corrected chi connectivity index (χ3v) is 2.43. The van der Waals surface area contributed by atoms with Crippen molar-refractivity contribution in [2.75, 3.05) is 18.9 Å². The van der Waals surface area contributed by atoms with Crippen molar-refractivity contribution in [1.29, 1.82) is 0 Å². The van der Waals surface area contributed by atoms with E-state index in [1.807, 2.05) is 0 Å². The van der Waals surface area contributed by atoms with E-state index in [1.165, 1.54) is 17.4 Å². The predicted molar refractivity (Wildman–Crippen MR) is 58.0 cm³/mol. The normalized spacial score (nSPS) is 23.6. The number of fused-ring (bicyclic) bond motifs is 1. The summed E-state index contributed by atoms with van der Waals surface area (Å²) < 4.78 is 11.7. The maximum absolute atomic E-state index is 8.86. The van der Waals surface area contributed by atoms with Gasteiger partial charge in [-0.2, -0.15) is 0 Å². The minimum absolute atomic E-state index is 0.214. The van der Waals surface area contributed by atoms with Crippen LogP contribution < -0.4 is 10.6 Å². The lowest BCUT2D eigenvalue weighted by Gasteiger charge is -2.12. The molecule has 2 atom stereocenters. The standard InChI is InChI=1S/C9H11N5O4/c10-8-7-9(12-3-11-8)14(4-13-7)18-6-2-16-5(1-15)17-6/h3-6,15H,1-2H2,(H2,10,11,12)/t5-,6-/m1/s1. The SMILES string of the molecule is Nc1ncnc2c1ncn2O[C@@H]1CO[C@@H](CO)O1. The van der Waals surface area contributed by atoms with Crippen LogP contribution in [0.4, 0.5) is 5.82 Å². The van der Waals surface area contributed by atoms with Crippen LogP contribution in [0.3, 0.4) is 0 Å². The molecule has 1 saturated heterocycles. The van der Waals surface area contributed by atoms with Crippen LogP contribution in [0.1, 0.15) is 0 Å². The zero-order chi connectivity index (χ0) is 12.5. The fourth-order valence-electron chi connectivity index (χ4n) is 1.62. The second-order valence-corrected chi connectivity index (χ2v) is 3.62. The second-order valence-electron chi connectivity index (χ2n) is 3.62. The summed E-state index contributed by atoms with van der Waals surface area (Å²) in [6.45, 7) is -0.00881. The highest BCUT2D eigenvalue weighted by Crippen LogP contribution is 2.15. The third kappa shape index (κ3) is 1.83. The highest BCUT2D eigenvalue weighted by Gasteiger charge is 2.28. The molecule has 1 aliphatic heterocycles. The molecule has 0 unspecified atom stereocenters. The lowest BCUT2D eigenvalue weighted by Crippen LogP contribution is -2.27. The largest absolute Gasteiger partial charge is 0.391 e. The van der Waals surface area contributed by atoms with Crippen molar-refractivity contribution in [2.45, 2.75) is 12.6 Å². The van der Waals surface area contributed by atoms with Gasteiger partial charge in [0.25, 0.3) is 6.29 Å². The van der Waals surface area contributed by atoms with E-state index < -0.39 is 12.6 Å². The van der Waals surface area contributed by atoms with Gasteiger partial charge in [0.15, 0.2) is 17.6 Å². The van der Waals surface area contributed by atoms with Crippen molar-refractivity contribution in [3.8, 4) is 0 Å². The predicted octanol–water partition coefficient (Wildman–Crippen LogP) is -1.47. The van der Waals surface area contributed by atoms with Gasteiger partial charge in [0.05, 0.1) is 6.61 Å². The van der Waals surface area contributed by atoms with E-state index in [-0.39, 0.29) is 19.0 Å². The van der Waals surface area contributed by atoms with E-state index in [4.69, 9.17) is 25.2 Å². The van der Waals surface area contributed by atoms with Crippen LogP contribution >= 0.6 is 0 Å². The zero-order valence-corrected chi connectivity index (χ0v) is 9.26. The van der Waals surface area contributed by atoms with Crippen molar-refractivity contribution >= 4 is 17.0 Å². The maximum atomic E-state index is 8.86. The molecule has 9 heteroatoms. The number of rotatable bonds is 3. The van der Waals surface area contributed by atoms with Crippen molar-refractivity contribution in [3.63, 3.8) is 0 Å². The number of hydrogen-bond donors (Lipinski definition) is 2. The zero-order valence-electron chi connectivity index (χ0n) is 9.26. The Morgan fingerprint density at radius 2 is 2.39 bits per heavy atom. The Kier molecular flexibility index (Phi) is 2.70. The van der Waals surface area contributed by atoms with Gasteiger partial charge < -0.3 is 25.2 Å². The molecule has 2 aromatic rings. The number of aliphatic hydroxyl groups excluding tert-OH is 1. The van der Waals surface area contributed by atoms with Crippen LogP contribution in [0, 0.1) is 0 Å². The minimum atomic E-state index is -0.663. The molecule has 18 heavy (non-hydrogen) atoms. The first-order valence-corrected chi connectivity index (χ1v) is 5.26. The number of anilines is 1. The molecule has 0 spiro atoms. The maximum Gasteiger partial charge on any atom is 0.250 e. The Balaban J connectivity index is 1.81. The Morgan fingerprint density at radius 1 is 1.50 bits per heavy atom. The van der Waals surface area contributed by atoms with Gasteiger partial charge in [0, 0.05) is 0 Å². The second kappa shape index (κ2) is 4.37. The number of aliphatic hydroxyl groups is 1. The highest BCUT2D eigenvalue weighted by molar-refractivity contribution is 5.80. The number of nitrogen functional groups attached to an aromatic ring is 1. The molecule has 3 heterocycles. The Morgan fingerprint density at radius 3 is 3.17 bits per heavy atom. The van der Waals surface area contributed by atoms with E-state index in [9.17, 15) is 0 Å². The van der Waals surface area contributed by atoms with Crippen molar-refractivity contribution in [3.05, 3.63) is 12.7 Å². The fourth-order valence-corrected chi connectivity index (χ4v) is 1.62. The highest BCUT2D eigenvalue weighted by atomic mass is 16.9. The molecule has 3 N–H and O–H groups in total. The summed E-state index contributed by atoms with van der Waals surface area (Å²) >= 11 is 0. The quantitative estimate of drug-likeness (QED) is 0.680. The smallest absolute Gasteiger partial charge is 0.250 e. The minimum Gasteiger partial charge on any atom is -0.391 e. The molecule has 1 aliphatic rings. The molecule has 0 saturated carbocycles. The summed E-state index contributed by atoms with van der Waals surface area (Å²) in [5.74, 6) is 0.277. The first kappa shape index (κ1) is 11.1. The van der Waals surface area contributed by atoms with Crippen LogP contribution in [0.2, 0.25) is 0 Å². The first-order valence-electron chi connectivity index (χ1n) is 5.26. The van der Waals surface area contributed by atoms with Crippen LogP contribution in [0.5, 0.6) is 0 Å². The Hall–Kier alpha value is -1.97. The number of hydrogen-bond acceptors (Lipinski definition) is 8. The molecule has 2 aromatic heterocycles. The topological polar surface area (TPSA) is 118 Å². The molecule has 0 amide bonds. The number of nitrogens with zero attached hydrogens (tertiary/aromatic N) is 4. The summed E-state index contributed by atoms with van der Waals surface area (Å²) in [5.41, 5.74) is 6.55. The average molecular weight is 253 g/mol. The summed E-state index contributed by atoms with van der Waals surface area (Å²) in [6.07, 6.45) is 1.45. The van der Waals surface area contributed by atoms with Gasteiger partial charge in [-0.15, -0.1) is 4.73 Å². The molecule has 1 fully saturated rings. The third-order valence-electron chi connectivity index (χ3n) is 2.43. The van der Waals surface area contributed by atoms with Crippen molar-refractivity contribution in [2.24, 2.45) is 0 Å². The average Bonchev–Trinajstić information content (AvgIpc) is 2.98. The summed E-state index contributed by atoms with van der Waals surface area (Å²) in [6, 6.07) is 0. The van der Waals surface area contributed by atoms with E-state index in [2.05, 4.69) is 15.0 Å². The molecule has 3 rings (SSSR count). The number of nitrogens with two attached hydrogens (primary N) is 1. The lowest BCUT2D eigenvalue weighted by atomic mass is 10.5. The van der Waals surface area contributed by atoms with Gasteiger partial charge in [0.1, 0.15) is 19.3 Å². The van der Waals surface area contributed by atoms with E-state index >= 15 is 0 Å². The van der Waals surface area contributed by atoms with Gasteiger partial charge in [-0.25, -0.2) is 15.0 Å². The van der Waals surface area contributed by atoms with Crippen LogP contribution in [0.25, 0.3) is 11.2 Å². The van der Waals surface area contributed by atoms with Crippen LogP contribution in [-0.4, -0.2) is 50.6 Å². The van der Waals surface area contributed by atoms with E-state index in [0.717, 1.165) is 0 Å². The van der Waals surface area contributed by atoms with Gasteiger partial charge >= 0.3 is 0 Å². The molecule has 9 nitrogen and oxygen atoms in total. The Bertz CT molecular complexity index is 559. The summed E-state index contributed by atoms with van der Waals surface area (Å²) in [5, 5.41) is 8.86. The van der Waals surface area contributed by atoms with Crippen LogP contribution in [-0.2, 0) is 9.47 Å². The van der Waals surface area contributed by atoms with Gasteiger partial charge in [0.2, 0.25) is 5.65 Å². The summed E-state index contributed by atoms with van der Waals surface area (Å²) in [7, 11) is 0. The van der Waals surface area contributed by atoms with Crippen molar-refractivity contribution in [1.82, 2.24) is 19.7 Å².